The van der Waals surface area contributed by atoms with Gasteiger partial charge >= 0.3 is 0 Å². The van der Waals surface area contributed by atoms with Crippen LogP contribution < -0.4 is 4.90 Å². The number of anilines is 3. The van der Waals surface area contributed by atoms with E-state index in [2.05, 4.69) is 217 Å². The molecule has 8 aromatic carbocycles. The summed E-state index contributed by atoms with van der Waals surface area (Å²) in [5.41, 5.74) is 17.0. The zero-order valence-electron chi connectivity index (χ0n) is 29.9. The second-order valence-corrected chi connectivity index (χ2v) is 14.6. The van der Waals surface area contributed by atoms with Crippen LogP contribution in [0.25, 0.3) is 60.9 Å². The fourth-order valence-corrected chi connectivity index (χ4v) is 8.59. The normalized spacial score (nSPS) is 12.9. The van der Waals surface area contributed by atoms with Gasteiger partial charge in [-0.05, 0) is 93.5 Å². The number of rotatable bonds is 6. The van der Waals surface area contributed by atoms with Gasteiger partial charge in [-0.15, -0.1) is 0 Å². The molecule has 1 aliphatic rings. The average Bonchev–Trinajstić information content (AvgIpc) is 3.66. The van der Waals surface area contributed by atoms with E-state index in [0.717, 1.165) is 22.7 Å². The molecular weight excluding hydrogens is 641 g/mol. The average molecular weight is 679 g/mol. The number of hydrogen-bond acceptors (Lipinski definition) is 1. The Kier molecular flexibility index (Phi) is 7.19. The number of benzene rings is 8. The Hall–Kier alpha value is -6.64. The number of fused-ring (bicyclic) bond motifs is 6. The minimum atomic E-state index is -0.0902. The molecule has 2 nitrogen and oxygen atoms in total. The van der Waals surface area contributed by atoms with E-state index < -0.39 is 0 Å². The molecule has 1 heterocycles. The highest BCUT2D eigenvalue weighted by Gasteiger charge is 2.36. The molecular formula is C51H38N2. The van der Waals surface area contributed by atoms with Crippen LogP contribution in [0.2, 0.25) is 0 Å². The van der Waals surface area contributed by atoms with Crippen LogP contribution >= 0.6 is 0 Å². The largest absolute Gasteiger partial charge is 0.310 e. The van der Waals surface area contributed by atoms with Crippen molar-refractivity contribution in [3.05, 3.63) is 205 Å². The van der Waals surface area contributed by atoms with Crippen molar-refractivity contribution in [1.82, 2.24) is 4.57 Å². The number of para-hydroxylation sites is 2. The van der Waals surface area contributed by atoms with Crippen LogP contribution in [0.3, 0.4) is 0 Å². The van der Waals surface area contributed by atoms with Gasteiger partial charge in [0.15, 0.2) is 0 Å². The molecule has 0 aliphatic heterocycles. The Morgan fingerprint density at radius 1 is 0.396 bits per heavy atom. The van der Waals surface area contributed by atoms with Crippen LogP contribution in [-0.2, 0) is 5.41 Å². The minimum Gasteiger partial charge on any atom is -0.310 e. The van der Waals surface area contributed by atoms with Gasteiger partial charge in [-0.2, -0.15) is 0 Å². The molecule has 1 aliphatic carbocycles. The molecule has 0 radical (unpaired) electrons. The third-order valence-electron chi connectivity index (χ3n) is 11.2. The topological polar surface area (TPSA) is 8.17 Å². The van der Waals surface area contributed by atoms with Gasteiger partial charge in [0.05, 0.1) is 16.7 Å². The SMILES string of the molecule is CC1(C)c2ccccc2-c2cc3c4ccc(N(c5ccc(-c6ccccc6)cc5)c5ccccc5-c5ccccc5)cc4n(-c4ccccc4)c3cc21. The van der Waals surface area contributed by atoms with Crippen LogP contribution in [-0.4, -0.2) is 4.57 Å². The maximum atomic E-state index is 2.47. The molecule has 0 atom stereocenters. The van der Waals surface area contributed by atoms with Crippen LogP contribution in [0, 0.1) is 0 Å². The lowest BCUT2D eigenvalue weighted by Crippen LogP contribution is -2.15. The highest BCUT2D eigenvalue weighted by atomic mass is 15.1. The first-order valence-corrected chi connectivity index (χ1v) is 18.4. The van der Waals surface area contributed by atoms with E-state index in [1.54, 1.807) is 0 Å². The minimum absolute atomic E-state index is 0.0902. The summed E-state index contributed by atoms with van der Waals surface area (Å²) in [6.45, 7) is 4.73. The first kappa shape index (κ1) is 31.1. The lowest BCUT2D eigenvalue weighted by Gasteiger charge is -2.28. The fourth-order valence-electron chi connectivity index (χ4n) is 8.59. The third-order valence-corrected chi connectivity index (χ3v) is 11.2. The van der Waals surface area contributed by atoms with Crippen LogP contribution in [0.5, 0.6) is 0 Å². The van der Waals surface area contributed by atoms with Gasteiger partial charge < -0.3 is 9.47 Å². The summed E-state index contributed by atoms with van der Waals surface area (Å²) in [6.07, 6.45) is 0. The molecule has 252 valence electrons. The lowest BCUT2D eigenvalue weighted by molar-refractivity contribution is 0.661. The molecule has 2 heteroatoms. The number of nitrogens with zero attached hydrogens (tertiary/aromatic N) is 2. The number of aromatic nitrogens is 1. The molecule has 0 spiro atoms. The molecule has 9 aromatic rings. The van der Waals surface area contributed by atoms with Crippen molar-refractivity contribution in [2.24, 2.45) is 0 Å². The van der Waals surface area contributed by atoms with Crippen molar-refractivity contribution in [2.75, 3.05) is 4.90 Å². The third kappa shape index (κ3) is 5.02. The van der Waals surface area contributed by atoms with E-state index in [0.29, 0.717) is 0 Å². The Bertz CT molecular complexity index is 2780. The molecule has 0 saturated heterocycles. The Labute approximate surface area is 310 Å². The summed E-state index contributed by atoms with van der Waals surface area (Å²) in [6, 6.07) is 70.8. The smallest absolute Gasteiger partial charge is 0.0561 e. The summed E-state index contributed by atoms with van der Waals surface area (Å²) >= 11 is 0. The van der Waals surface area contributed by atoms with Gasteiger partial charge in [0.1, 0.15) is 0 Å². The quantitative estimate of drug-likeness (QED) is 0.170. The monoisotopic (exact) mass is 678 g/mol. The highest BCUT2D eigenvalue weighted by molar-refractivity contribution is 6.12. The van der Waals surface area contributed by atoms with Crippen molar-refractivity contribution >= 4 is 38.9 Å². The van der Waals surface area contributed by atoms with Crippen molar-refractivity contribution in [1.29, 1.82) is 0 Å². The molecule has 0 unspecified atom stereocenters. The van der Waals surface area contributed by atoms with Gasteiger partial charge in [-0.1, -0.05) is 153 Å². The molecule has 0 saturated carbocycles. The summed E-state index contributed by atoms with van der Waals surface area (Å²) in [5, 5.41) is 2.51. The van der Waals surface area contributed by atoms with Gasteiger partial charge in [0.25, 0.3) is 0 Å². The summed E-state index contributed by atoms with van der Waals surface area (Å²) in [7, 11) is 0. The molecule has 53 heavy (non-hydrogen) atoms. The molecule has 0 bridgehead atoms. The van der Waals surface area contributed by atoms with E-state index >= 15 is 0 Å². The van der Waals surface area contributed by atoms with Crippen molar-refractivity contribution in [3.8, 4) is 39.1 Å². The van der Waals surface area contributed by atoms with E-state index in [4.69, 9.17) is 0 Å². The Morgan fingerprint density at radius 3 is 1.70 bits per heavy atom. The fraction of sp³-hybridized carbons (Fsp3) is 0.0588. The van der Waals surface area contributed by atoms with Gasteiger partial charge in [0.2, 0.25) is 0 Å². The molecule has 10 rings (SSSR count). The predicted molar refractivity (Wildman–Crippen MR) is 224 cm³/mol. The second kappa shape index (κ2) is 12.3. The summed E-state index contributed by atoms with van der Waals surface area (Å²) in [4.78, 5) is 2.42. The zero-order valence-corrected chi connectivity index (χ0v) is 29.9. The lowest BCUT2D eigenvalue weighted by atomic mass is 9.82. The second-order valence-electron chi connectivity index (χ2n) is 14.6. The van der Waals surface area contributed by atoms with E-state index in [1.165, 1.54) is 66.3 Å². The van der Waals surface area contributed by atoms with Gasteiger partial charge in [-0.25, -0.2) is 0 Å². The van der Waals surface area contributed by atoms with Crippen molar-refractivity contribution in [3.63, 3.8) is 0 Å². The van der Waals surface area contributed by atoms with Crippen LogP contribution in [0.15, 0.2) is 194 Å². The first-order chi connectivity index (χ1) is 26.1. The first-order valence-electron chi connectivity index (χ1n) is 18.4. The predicted octanol–water partition coefficient (Wildman–Crippen LogP) is 13.9. The zero-order chi connectivity index (χ0) is 35.5. The van der Waals surface area contributed by atoms with Crippen LogP contribution in [0.1, 0.15) is 25.0 Å². The van der Waals surface area contributed by atoms with Gasteiger partial charge in [0, 0.05) is 38.8 Å². The Balaban J connectivity index is 1.23. The van der Waals surface area contributed by atoms with Crippen molar-refractivity contribution < 1.29 is 0 Å². The van der Waals surface area contributed by atoms with E-state index in [9.17, 15) is 0 Å². The van der Waals surface area contributed by atoms with Crippen molar-refractivity contribution in [2.45, 2.75) is 19.3 Å². The van der Waals surface area contributed by atoms with E-state index in [-0.39, 0.29) is 5.41 Å². The number of hydrogen-bond donors (Lipinski definition) is 0. The van der Waals surface area contributed by atoms with Gasteiger partial charge in [-0.3, -0.25) is 0 Å². The maximum Gasteiger partial charge on any atom is 0.0561 e. The molecule has 0 amide bonds. The molecule has 0 fully saturated rings. The molecule has 1 aromatic heterocycles. The maximum absolute atomic E-state index is 2.47. The van der Waals surface area contributed by atoms with Crippen LogP contribution in [0.4, 0.5) is 17.1 Å². The highest BCUT2D eigenvalue weighted by Crippen LogP contribution is 2.51. The Morgan fingerprint density at radius 2 is 0.962 bits per heavy atom. The summed E-state index contributed by atoms with van der Waals surface area (Å²) in [5.74, 6) is 0. The molecule has 0 N–H and O–H groups in total. The van der Waals surface area contributed by atoms with E-state index in [1.807, 2.05) is 0 Å². The standard InChI is InChI=1S/C51H38N2/c1-51(2)46-24-14-12-23-42(46)44-33-45-43-31-30-40(32-49(43)53(50(45)34-47(44)51)38-20-10-5-11-21-38)52(39-28-26-36(27-29-39)35-16-6-3-7-17-35)48-25-15-13-22-41(48)37-18-8-4-9-19-37/h3-34H,1-2H3. The summed E-state index contributed by atoms with van der Waals surface area (Å²) < 4.78 is 2.47.